The van der Waals surface area contributed by atoms with Crippen LogP contribution in [0.3, 0.4) is 0 Å². The Morgan fingerprint density at radius 3 is 2.57 bits per heavy atom. The quantitative estimate of drug-likeness (QED) is 0.503. The minimum Gasteiger partial charge on any atom is -0.297 e. The maximum absolute atomic E-state index is 11.9. The lowest BCUT2D eigenvalue weighted by atomic mass is 10.0. The molecule has 1 heterocycles. The second kappa shape index (κ2) is 6.31. The molecule has 0 fully saturated rings. The number of hydrazine groups is 1. The molecule has 1 aliphatic rings. The van der Waals surface area contributed by atoms with Crippen LogP contribution in [0.15, 0.2) is 52.8 Å². The molecule has 1 aliphatic heterocycles. The zero-order chi connectivity index (χ0) is 16.4. The number of carbonyl (C=O) groups excluding carboxylic acids is 1. The van der Waals surface area contributed by atoms with Crippen molar-refractivity contribution in [2.75, 3.05) is 0 Å². The standard InChI is InChI=1S/C15H10ClN3O3S/c16-9-4-6-10(7-5-9)23-8-12-14-11(15(20)18-17-12)2-1-3-13(14)19(21)22/h1-8,17H,(H,18,20). The molecule has 0 spiro atoms. The van der Waals surface area contributed by atoms with Gasteiger partial charge in [-0.2, -0.15) is 0 Å². The summed E-state index contributed by atoms with van der Waals surface area (Å²) < 4.78 is 0. The van der Waals surface area contributed by atoms with Crippen LogP contribution >= 0.6 is 23.4 Å². The third-order valence-corrected chi connectivity index (χ3v) is 4.34. The summed E-state index contributed by atoms with van der Waals surface area (Å²) >= 11 is 7.20. The predicted octanol–water partition coefficient (Wildman–Crippen LogP) is 3.59. The van der Waals surface area contributed by atoms with E-state index in [9.17, 15) is 14.9 Å². The van der Waals surface area contributed by atoms with Gasteiger partial charge in [0.05, 0.1) is 21.7 Å². The van der Waals surface area contributed by atoms with Crippen molar-refractivity contribution in [1.29, 1.82) is 0 Å². The number of halogens is 1. The van der Waals surface area contributed by atoms with Crippen molar-refractivity contribution in [3.05, 3.63) is 74.1 Å². The van der Waals surface area contributed by atoms with Gasteiger partial charge in [-0.1, -0.05) is 29.4 Å². The number of hydrogen-bond acceptors (Lipinski definition) is 5. The summed E-state index contributed by atoms with van der Waals surface area (Å²) in [6.45, 7) is 0. The highest BCUT2D eigenvalue weighted by Crippen LogP contribution is 2.33. The lowest BCUT2D eigenvalue weighted by Crippen LogP contribution is -2.41. The number of fused-ring (bicyclic) bond motifs is 1. The SMILES string of the molecule is O=C1NNC(=CSc2ccc(Cl)cc2)c2c1cccc2[N+](=O)[O-]. The van der Waals surface area contributed by atoms with Gasteiger partial charge in [0, 0.05) is 21.4 Å². The van der Waals surface area contributed by atoms with E-state index in [1.54, 1.807) is 23.6 Å². The fourth-order valence-electron chi connectivity index (χ4n) is 2.15. The van der Waals surface area contributed by atoms with E-state index in [-0.39, 0.29) is 16.8 Å². The number of nitro benzene ring substituents is 1. The molecule has 0 atom stereocenters. The van der Waals surface area contributed by atoms with Gasteiger partial charge >= 0.3 is 0 Å². The number of amides is 1. The topological polar surface area (TPSA) is 84.3 Å². The van der Waals surface area contributed by atoms with Crippen molar-refractivity contribution in [2.24, 2.45) is 0 Å². The minimum atomic E-state index is -0.500. The molecule has 0 aromatic heterocycles. The molecule has 0 radical (unpaired) electrons. The first kappa shape index (κ1) is 15.4. The molecule has 8 heteroatoms. The van der Waals surface area contributed by atoms with Crippen LogP contribution in [0, 0.1) is 10.1 Å². The monoisotopic (exact) mass is 347 g/mol. The number of thioether (sulfide) groups is 1. The molecular formula is C15H10ClN3O3S. The maximum Gasteiger partial charge on any atom is 0.279 e. The van der Waals surface area contributed by atoms with Gasteiger partial charge in [0.2, 0.25) is 0 Å². The summed E-state index contributed by atoms with van der Waals surface area (Å²) in [7, 11) is 0. The molecule has 116 valence electrons. The van der Waals surface area contributed by atoms with Gasteiger partial charge in [-0.3, -0.25) is 25.8 Å². The lowest BCUT2D eigenvalue weighted by molar-refractivity contribution is -0.385. The van der Waals surface area contributed by atoms with Crippen LogP contribution in [0.5, 0.6) is 0 Å². The first-order valence-corrected chi connectivity index (χ1v) is 7.78. The van der Waals surface area contributed by atoms with Gasteiger partial charge in [-0.05, 0) is 30.3 Å². The fourth-order valence-corrected chi connectivity index (χ4v) is 3.00. The van der Waals surface area contributed by atoms with Crippen LogP contribution in [0.25, 0.3) is 5.70 Å². The predicted molar refractivity (Wildman–Crippen MR) is 89.0 cm³/mol. The van der Waals surface area contributed by atoms with E-state index in [1.165, 1.54) is 23.9 Å². The van der Waals surface area contributed by atoms with Crippen molar-refractivity contribution in [3.8, 4) is 0 Å². The third kappa shape index (κ3) is 3.15. The Balaban J connectivity index is 2.00. The van der Waals surface area contributed by atoms with Crippen LogP contribution < -0.4 is 10.9 Å². The van der Waals surface area contributed by atoms with Gasteiger partial charge in [0.15, 0.2) is 0 Å². The average Bonchev–Trinajstić information content (AvgIpc) is 2.55. The van der Waals surface area contributed by atoms with Gasteiger partial charge in [0.1, 0.15) is 0 Å². The molecule has 0 aliphatic carbocycles. The van der Waals surface area contributed by atoms with Crippen molar-refractivity contribution < 1.29 is 9.72 Å². The van der Waals surface area contributed by atoms with Gasteiger partial charge in [-0.25, -0.2) is 0 Å². The molecule has 2 N–H and O–H groups in total. The molecule has 0 saturated heterocycles. The smallest absolute Gasteiger partial charge is 0.279 e. The summed E-state index contributed by atoms with van der Waals surface area (Å²) in [6, 6.07) is 11.6. The molecular weight excluding hydrogens is 338 g/mol. The Morgan fingerprint density at radius 1 is 1.13 bits per heavy atom. The van der Waals surface area contributed by atoms with E-state index in [4.69, 9.17) is 11.6 Å². The summed E-state index contributed by atoms with van der Waals surface area (Å²) in [6.07, 6.45) is 0. The van der Waals surface area contributed by atoms with Crippen LogP contribution in [0.2, 0.25) is 5.02 Å². The molecule has 23 heavy (non-hydrogen) atoms. The van der Waals surface area contributed by atoms with Crippen LogP contribution in [0.1, 0.15) is 15.9 Å². The van der Waals surface area contributed by atoms with Crippen LogP contribution in [-0.2, 0) is 0 Å². The Bertz CT molecular complexity index is 807. The van der Waals surface area contributed by atoms with E-state index >= 15 is 0 Å². The summed E-state index contributed by atoms with van der Waals surface area (Å²) in [5.74, 6) is -0.405. The largest absolute Gasteiger partial charge is 0.297 e. The Morgan fingerprint density at radius 2 is 1.87 bits per heavy atom. The van der Waals surface area contributed by atoms with Crippen LogP contribution in [-0.4, -0.2) is 10.8 Å². The van der Waals surface area contributed by atoms with E-state index < -0.39 is 10.8 Å². The highest BCUT2D eigenvalue weighted by molar-refractivity contribution is 8.02. The Hall–Kier alpha value is -2.51. The van der Waals surface area contributed by atoms with Crippen molar-refractivity contribution >= 4 is 40.7 Å². The number of nitrogens with one attached hydrogen (secondary N) is 2. The molecule has 3 rings (SSSR count). The van der Waals surface area contributed by atoms with Crippen LogP contribution in [0.4, 0.5) is 5.69 Å². The van der Waals surface area contributed by atoms with E-state index in [0.717, 1.165) is 4.90 Å². The zero-order valence-corrected chi connectivity index (χ0v) is 13.1. The highest BCUT2D eigenvalue weighted by atomic mass is 35.5. The lowest BCUT2D eigenvalue weighted by Gasteiger charge is -2.20. The number of hydrogen-bond donors (Lipinski definition) is 2. The normalized spacial score (nSPS) is 14.8. The molecule has 6 nitrogen and oxygen atoms in total. The van der Waals surface area contributed by atoms with Gasteiger partial charge in [0.25, 0.3) is 11.6 Å². The molecule has 2 aromatic carbocycles. The van der Waals surface area contributed by atoms with Crippen molar-refractivity contribution in [2.45, 2.75) is 4.90 Å². The van der Waals surface area contributed by atoms with E-state index in [0.29, 0.717) is 10.7 Å². The molecule has 0 saturated carbocycles. The third-order valence-electron chi connectivity index (χ3n) is 3.19. The second-order valence-corrected chi connectivity index (χ2v) is 6.02. The molecule has 2 aromatic rings. The summed E-state index contributed by atoms with van der Waals surface area (Å²) in [5, 5.41) is 13.6. The zero-order valence-electron chi connectivity index (χ0n) is 11.6. The minimum absolute atomic E-state index is 0.118. The van der Waals surface area contributed by atoms with Crippen molar-refractivity contribution in [1.82, 2.24) is 10.9 Å². The van der Waals surface area contributed by atoms with Gasteiger partial charge < -0.3 is 0 Å². The van der Waals surface area contributed by atoms with Gasteiger partial charge in [-0.15, -0.1) is 0 Å². The number of benzene rings is 2. The van der Waals surface area contributed by atoms with E-state index in [1.807, 2.05) is 12.1 Å². The number of carbonyl (C=O) groups is 1. The Kier molecular flexibility index (Phi) is 4.22. The number of nitrogens with zero attached hydrogens (tertiary/aromatic N) is 1. The average molecular weight is 348 g/mol. The summed E-state index contributed by atoms with van der Waals surface area (Å²) in [4.78, 5) is 23.5. The molecule has 1 amide bonds. The highest BCUT2D eigenvalue weighted by Gasteiger charge is 2.28. The first-order chi connectivity index (χ1) is 11.1. The second-order valence-electron chi connectivity index (χ2n) is 4.64. The number of rotatable bonds is 3. The maximum atomic E-state index is 11.9. The molecule has 0 bridgehead atoms. The molecule has 0 unspecified atom stereocenters. The van der Waals surface area contributed by atoms with Crippen molar-refractivity contribution in [3.63, 3.8) is 0 Å². The fraction of sp³-hybridized carbons (Fsp3) is 0. The Labute approximate surface area is 140 Å². The number of nitro groups is 1. The summed E-state index contributed by atoms with van der Waals surface area (Å²) in [5.41, 5.74) is 6.09. The first-order valence-electron chi connectivity index (χ1n) is 6.53. The van der Waals surface area contributed by atoms with E-state index in [2.05, 4.69) is 10.9 Å².